The quantitative estimate of drug-likeness (QED) is 0.878. The Bertz CT molecular complexity index is 465. The van der Waals surface area contributed by atoms with Crippen LogP contribution in [0.2, 0.25) is 5.02 Å². The molecule has 0 atom stereocenters. The summed E-state index contributed by atoms with van der Waals surface area (Å²) in [5.41, 5.74) is 6.95. The smallest absolute Gasteiger partial charge is 0.0678 e. The molecule has 90 valence electrons. The van der Waals surface area contributed by atoms with Crippen molar-refractivity contribution in [3.63, 3.8) is 0 Å². The highest BCUT2D eigenvalue weighted by atomic mass is 35.5. The molecule has 0 aliphatic heterocycles. The van der Waals surface area contributed by atoms with Crippen LogP contribution in [0, 0.1) is 0 Å². The fourth-order valence-electron chi connectivity index (χ4n) is 1.50. The van der Waals surface area contributed by atoms with Gasteiger partial charge in [0.05, 0.1) is 4.21 Å². The number of hydrogen-bond donors (Lipinski definition) is 1. The average Bonchev–Trinajstić information content (AvgIpc) is 2.77. The third kappa shape index (κ3) is 3.75. The summed E-state index contributed by atoms with van der Waals surface area (Å²) in [7, 11) is 0. The van der Waals surface area contributed by atoms with Gasteiger partial charge in [-0.15, -0.1) is 11.3 Å². The molecule has 1 nitrogen and oxygen atoms in total. The summed E-state index contributed by atoms with van der Waals surface area (Å²) in [5.74, 6) is 0. The normalized spacial score (nSPS) is 10.7. The van der Waals surface area contributed by atoms with Crippen LogP contribution >= 0.6 is 34.7 Å². The molecule has 0 aliphatic rings. The molecule has 0 unspecified atom stereocenters. The Kier molecular flexibility index (Phi) is 4.92. The molecule has 4 heteroatoms. The molecule has 0 bridgehead atoms. The molecule has 0 saturated heterocycles. The molecule has 0 fully saturated rings. The van der Waals surface area contributed by atoms with E-state index in [2.05, 4.69) is 23.6 Å². The van der Waals surface area contributed by atoms with Crippen LogP contribution in [-0.4, -0.2) is 6.54 Å². The highest BCUT2D eigenvalue weighted by molar-refractivity contribution is 8.01. The number of rotatable bonds is 5. The molecular formula is C13H14ClNS2. The van der Waals surface area contributed by atoms with Gasteiger partial charge in [-0.05, 0) is 60.7 Å². The molecule has 0 saturated carbocycles. The van der Waals surface area contributed by atoms with E-state index < -0.39 is 0 Å². The Hall–Kier alpha value is -0.480. The van der Waals surface area contributed by atoms with Crippen molar-refractivity contribution in [1.82, 2.24) is 0 Å². The summed E-state index contributed by atoms with van der Waals surface area (Å²) in [5, 5.41) is 2.92. The van der Waals surface area contributed by atoms with Crippen molar-refractivity contribution in [1.29, 1.82) is 0 Å². The minimum Gasteiger partial charge on any atom is -0.330 e. The zero-order valence-electron chi connectivity index (χ0n) is 9.36. The second kappa shape index (κ2) is 6.45. The zero-order valence-corrected chi connectivity index (χ0v) is 11.7. The first kappa shape index (κ1) is 13.0. The van der Waals surface area contributed by atoms with Gasteiger partial charge >= 0.3 is 0 Å². The van der Waals surface area contributed by atoms with Gasteiger partial charge in [0.1, 0.15) is 0 Å². The van der Waals surface area contributed by atoms with Gasteiger partial charge in [-0.1, -0.05) is 23.4 Å². The monoisotopic (exact) mass is 283 g/mol. The number of halogens is 1. The lowest BCUT2D eigenvalue weighted by Gasteiger charge is -2.03. The van der Waals surface area contributed by atoms with Crippen molar-refractivity contribution in [2.24, 2.45) is 5.73 Å². The topological polar surface area (TPSA) is 26.0 Å². The lowest BCUT2D eigenvalue weighted by atomic mass is 10.2. The molecule has 2 N–H and O–H groups in total. The SMILES string of the molecule is NCCCc1ccsc1Sc1ccc(Cl)cc1. The van der Waals surface area contributed by atoms with Gasteiger partial charge < -0.3 is 5.73 Å². The van der Waals surface area contributed by atoms with Crippen LogP contribution in [-0.2, 0) is 6.42 Å². The molecular weight excluding hydrogens is 270 g/mol. The summed E-state index contributed by atoms with van der Waals surface area (Å²) in [6.45, 7) is 0.751. The summed E-state index contributed by atoms with van der Waals surface area (Å²) in [6.07, 6.45) is 2.11. The maximum absolute atomic E-state index is 5.87. The number of thiophene rings is 1. The summed E-state index contributed by atoms with van der Waals surface area (Å²) in [4.78, 5) is 1.23. The van der Waals surface area contributed by atoms with E-state index in [0.29, 0.717) is 0 Å². The van der Waals surface area contributed by atoms with Gasteiger partial charge in [0.15, 0.2) is 0 Å². The minimum absolute atomic E-state index is 0.751. The van der Waals surface area contributed by atoms with Crippen LogP contribution in [0.3, 0.4) is 0 Å². The zero-order chi connectivity index (χ0) is 12.1. The Morgan fingerprint density at radius 1 is 1.18 bits per heavy atom. The number of nitrogens with two attached hydrogens (primary N) is 1. The van der Waals surface area contributed by atoms with Crippen molar-refractivity contribution in [3.8, 4) is 0 Å². The molecule has 1 heterocycles. The fourth-order valence-corrected chi connectivity index (χ4v) is 3.74. The molecule has 1 aromatic heterocycles. The minimum atomic E-state index is 0.751. The van der Waals surface area contributed by atoms with E-state index in [9.17, 15) is 0 Å². The molecule has 2 rings (SSSR count). The molecule has 0 radical (unpaired) electrons. The predicted octanol–water partition coefficient (Wildman–Crippen LogP) is 4.44. The van der Waals surface area contributed by atoms with Crippen molar-refractivity contribution in [2.45, 2.75) is 21.9 Å². The largest absolute Gasteiger partial charge is 0.330 e. The predicted molar refractivity (Wildman–Crippen MR) is 77.3 cm³/mol. The lowest BCUT2D eigenvalue weighted by Crippen LogP contribution is -1.99. The van der Waals surface area contributed by atoms with Gasteiger partial charge in [-0.25, -0.2) is 0 Å². The van der Waals surface area contributed by atoms with Crippen LogP contribution in [0.25, 0.3) is 0 Å². The van der Waals surface area contributed by atoms with Gasteiger partial charge in [0.25, 0.3) is 0 Å². The Labute approximate surface area is 115 Å². The second-order valence-corrected chi connectivity index (χ2v) is 6.38. The van der Waals surface area contributed by atoms with Crippen molar-refractivity contribution < 1.29 is 0 Å². The first-order valence-electron chi connectivity index (χ1n) is 5.49. The fraction of sp³-hybridized carbons (Fsp3) is 0.231. The third-order valence-corrected chi connectivity index (χ3v) is 4.88. The van der Waals surface area contributed by atoms with E-state index in [0.717, 1.165) is 24.4 Å². The summed E-state index contributed by atoms with van der Waals surface area (Å²) >= 11 is 9.46. The Morgan fingerprint density at radius 2 is 1.94 bits per heavy atom. The van der Waals surface area contributed by atoms with E-state index >= 15 is 0 Å². The van der Waals surface area contributed by atoms with Crippen LogP contribution in [0.4, 0.5) is 0 Å². The van der Waals surface area contributed by atoms with E-state index in [1.165, 1.54) is 14.7 Å². The maximum Gasteiger partial charge on any atom is 0.0678 e. The molecule has 0 spiro atoms. The van der Waals surface area contributed by atoms with E-state index in [1.807, 2.05) is 12.1 Å². The van der Waals surface area contributed by atoms with Crippen LogP contribution in [0.15, 0.2) is 44.8 Å². The molecule has 0 aliphatic carbocycles. The molecule has 17 heavy (non-hydrogen) atoms. The standard InChI is InChI=1S/C13H14ClNS2/c14-11-3-5-12(6-4-11)17-13-10(2-1-8-15)7-9-16-13/h3-7,9H,1-2,8,15H2. The number of aryl methyl sites for hydroxylation is 1. The highest BCUT2D eigenvalue weighted by Crippen LogP contribution is 2.35. The first-order chi connectivity index (χ1) is 8.29. The molecule has 2 aromatic rings. The third-order valence-electron chi connectivity index (χ3n) is 2.38. The second-order valence-electron chi connectivity index (χ2n) is 3.68. The first-order valence-corrected chi connectivity index (χ1v) is 7.57. The number of benzene rings is 1. The van der Waals surface area contributed by atoms with Crippen LogP contribution < -0.4 is 5.73 Å². The van der Waals surface area contributed by atoms with Crippen molar-refractivity contribution in [2.75, 3.05) is 6.54 Å². The van der Waals surface area contributed by atoms with Crippen LogP contribution in [0.1, 0.15) is 12.0 Å². The molecule has 1 aromatic carbocycles. The van der Waals surface area contributed by atoms with Gasteiger partial charge in [0, 0.05) is 9.92 Å². The van der Waals surface area contributed by atoms with Gasteiger partial charge in [0.2, 0.25) is 0 Å². The lowest BCUT2D eigenvalue weighted by molar-refractivity contribution is 0.826. The van der Waals surface area contributed by atoms with Gasteiger partial charge in [-0.2, -0.15) is 0 Å². The van der Waals surface area contributed by atoms with Gasteiger partial charge in [-0.3, -0.25) is 0 Å². The summed E-state index contributed by atoms with van der Waals surface area (Å²) < 4.78 is 1.36. The number of hydrogen-bond acceptors (Lipinski definition) is 3. The summed E-state index contributed by atoms with van der Waals surface area (Å²) in [6, 6.07) is 10.2. The maximum atomic E-state index is 5.87. The van der Waals surface area contributed by atoms with E-state index in [4.69, 9.17) is 17.3 Å². The average molecular weight is 284 g/mol. The van der Waals surface area contributed by atoms with Crippen LogP contribution in [0.5, 0.6) is 0 Å². The molecule has 0 amide bonds. The van der Waals surface area contributed by atoms with E-state index in [-0.39, 0.29) is 0 Å². The van der Waals surface area contributed by atoms with Crippen molar-refractivity contribution in [3.05, 3.63) is 46.3 Å². The highest BCUT2D eigenvalue weighted by Gasteiger charge is 2.05. The Morgan fingerprint density at radius 3 is 2.65 bits per heavy atom. The van der Waals surface area contributed by atoms with E-state index in [1.54, 1.807) is 23.1 Å². The van der Waals surface area contributed by atoms with Crippen molar-refractivity contribution >= 4 is 34.7 Å². The Balaban J connectivity index is 2.07.